The van der Waals surface area contributed by atoms with Crippen molar-refractivity contribution in [1.29, 1.82) is 0 Å². The molecule has 6 rings (SSSR count). The van der Waals surface area contributed by atoms with Gasteiger partial charge in [-0.1, -0.05) is 11.6 Å². The normalized spacial score (nSPS) is 26.2. The van der Waals surface area contributed by atoms with E-state index in [9.17, 15) is 9.59 Å². The van der Waals surface area contributed by atoms with Crippen molar-refractivity contribution in [3.05, 3.63) is 53.6 Å². The summed E-state index contributed by atoms with van der Waals surface area (Å²) in [4.78, 5) is 29.2. The number of urea groups is 1. The van der Waals surface area contributed by atoms with Crippen LogP contribution in [0.25, 0.3) is 0 Å². The van der Waals surface area contributed by atoms with E-state index in [0.29, 0.717) is 23.9 Å². The number of methoxy groups -OCH3 is 1. The molecule has 0 radical (unpaired) electrons. The molecule has 1 heterocycles. The van der Waals surface area contributed by atoms with Crippen LogP contribution in [-0.4, -0.2) is 54.7 Å². The smallest absolute Gasteiger partial charge is 0.325 e. The van der Waals surface area contributed by atoms with Crippen molar-refractivity contribution in [1.82, 2.24) is 10.2 Å². The molecule has 2 aromatic carbocycles. The number of nitrogens with zero attached hydrogens (tertiary/aromatic N) is 2. The van der Waals surface area contributed by atoms with Gasteiger partial charge in [0.2, 0.25) is 0 Å². The first-order valence-corrected chi connectivity index (χ1v) is 10.7. The van der Waals surface area contributed by atoms with Crippen LogP contribution in [0.15, 0.2) is 48.5 Å². The fourth-order valence-electron chi connectivity index (χ4n) is 5.14. The minimum absolute atomic E-state index is 0.0374. The van der Waals surface area contributed by atoms with Crippen LogP contribution in [0.1, 0.15) is 19.3 Å². The third kappa shape index (κ3) is 3.47. The number of hydrogen-bond donors (Lipinski definition) is 1. The van der Waals surface area contributed by atoms with Crippen LogP contribution in [-0.2, 0) is 4.79 Å². The fourth-order valence-corrected chi connectivity index (χ4v) is 5.27. The van der Waals surface area contributed by atoms with Crippen molar-refractivity contribution in [2.45, 2.75) is 30.3 Å². The van der Waals surface area contributed by atoms with Crippen LogP contribution in [0.5, 0.6) is 11.5 Å². The number of ether oxygens (including phenoxy) is 2. The van der Waals surface area contributed by atoms with Crippen LogP contribution in [0.4, 0.5) is 10.5 Å². The highest BCUT2D eigenvalue weighted by Gasteiger charge is 2.72. The zero-order valence-electron chi connectivity index (χ0n) is 17.3. The van der Waals surface area contributed by atoms with Crippen molar-refractivity contribution in [2.75, 3.05) is 31.7 Å². The molecule has 162 valence electrons. The van der Waals surface area contributed by atoms with Crippen LogP contribution in [0.2, 0.25) is 5.02 Å². The number of carbonyl (C=O) groups is 2. The maximum absolute atomic E-state index is 13.0. The molecule has 1 saturated heterocycles. The van der Waals surface area contributed by atoms with Crippen LogP contribution in [0.3, 0.4) is 0 Å². The molecule has 0 unspecified atom stereocenters. The second kappa shape index (κ2) is 7.34. The predicted octanol–water partition coefficient (Wildman–Crippen LogP) is 3.46. The molecule has 0 aromatic heterocycles. The van der Waals surface area contributed by atoms with Crippen LogP contribution >= 0.6 is 11.6 Å². The van der Waals surface area contributed by atoms with E-state index in [1.807, 2.05) is 34.1 Å². The van der Waals surface area contributed by atoms with E-state index < -0.39 is 0 Å². The standard InChI is InChI=1S/C23H24ClN3O4/c1-30-18-8-4-17(5-9-18)26-10-11-27(21(26)29)23-13-22(14-23,15-23)25-20(28)12-31-19-6-2-16(24)3-7-19/h2-9H,10-15H2,1H3,(H,25,28). The quantitative estimate of drug-likeness (QED) is 0.714. The number of benzene rings is 2. The second-order valence-electron chi connectivity index (χ2n) is 8.61. The number of halogens is 1. The van der Waals surface area contributed by atoms with Crippen molar-refractivity contribution in [3.63, 3.8) is 0 Å². The average molecular weight is 442 g/mol. The Hall–Kier alpha value is -2.93. The Morgan fingerprint density at radius 2 is 1.68 bits per heavy atom. The second-order valence-corrected chi connectivity index (χ2v) is 9.05. The number of rotatable bonds is 7. The highest BCUT2D eigenvalue weighted by atomic mass is 35.5. The number of hydrogen-bond acceptors (Lipinski definition) is 4. The first-order chi connectivity index (χ1) is 14.9. The van der Waals surface area contributed by atoms with Gasteiger partial charge in [0.05, 0.1) is 12.6 Å². The summed E-state index contributed by atoms with van der Waals surface area (Å²) < 4.78 is 10.7. The maximum Gasteiger partial charge on any atom is 0.325 e. The fraction of sp³-hybridized carbons (Fsp3) is 0.391. The molecule has 31 heavy (non-hydrogen) atoms. The van der Waals surface area contributed by atoms with Gasteiger partial charge in [0.1, 0.15) is 11.5 Å². The Morgan fingerprint density at radius 3 is 2.32 bits per heavy atom. The molecular weight excluding hydrogens is 418 g/mol. The Balaban J connectivity index is 1.13. The first kappa shape index (κ1) is 20.0. The lowest BCUT2D eigenvalue weighted by atomic mass is 9.43. The van der Waals surface area contributed by atoms with E-state index in [0.717, 1.165) is 30.7 Å². The largest absolute Gasteiger partial charge is 0.497 e. The third-order valence-corrected chi connectivity index (χ3v) is 6.81. The molecule has 1 aliphatic heterocycles. The topological polar surface area (TPSA) is 71.1 Å². The number of carbonyl (C=O) groups excluding carboxylic acids is 2. The van der Waals surface area contributed by atoms with Gasteiger partial charge >= 0.3 is 6.03 Å². The monoisotopic (exact) mass is 441 g/mol. The van der Waals surface area contributed by atoms with E-state index in [4.69, 9.17) is 21.1 Å². The number of anilines is 1. The van der Waals surface area contributed by atoms with Crippen LogP contribution in [0, 0.1) is 0 Å². The maximum atomic E-state index is 13.0. The predicted molar refractivity (Wildman–Crippen MR) is 117 cm³/mol. The van der Waals surface area contributed by atoms with Crippen molar-refractivity contribution in [2.24, 2.45) is 0 Å². The summed E-state index contributed by atoms with van der Waals surface area (Å²) in [6, 6.07) is 14.5. The Bertz CT molecular complexity index is 989. The molecule has 3 amide bonds. The van der Waals surface area contributed by atoms with Gasteiger partial charge in [-0.25, -0.2) is 4.79 Å². The third-order valence-electron chi connectivity index (χ3n) is 6.56. The minimum atomic E-state index is -0.200. The molecule has 3 saturated carbocycles. The van der Waals surface area contributed by atoms with Crippen molar-refractivity contribution in [3.8, 4) is 11.5 Å². The van der Waals surface area contributed by atoms with Crippen LogP contribution < -0.4 is 19.7 Å². The lowest BCUT2D eigenvalue weighted by Gasteiger charge is -2.72. The molecule has 0 atom stereocenters. The SMILES string of the molecule is COc1ccc(N2CCN(C34CC(NC(=O)COc5ccc(Cl)cc5)(C3)C4)C2=O)cc1. The van der Waals surface area contributed by atoms with Gasteiger partial charge in [0, 0.05) is 29.3 Å². The van der Waals surface area contributed by atoms with Gasteiger partial charge in [-0.3, -0.25) is 9.69 Å². The summed E-state index contributed by atoms with van der Waals surface area (Å²) >= 11 is 5.86. The van der Waals surface area contributed by atoms with E-state index >= 15 is 0 Å². The zero-order chi connectivity index (χ0) is 21.6. The Labute approximate surface area is 185 Å². The average Bonchev–Trinajstić information content (AvgIpc) is 3.10. The highest BCUT2D eigenvalue weighted by Crippen LogP contribution is 2.64. The summed E-state index contributed by atoms with van der Waals surface area (Å²) in [6.07, 6.45) is 2.40. The minimum Gasteiger partial charge on any atom is -0.497 e. The zero-order valence-corrected chi connectivity index (χ0v) is 18.0. The van der Waals surface area contributed by atoms with Gasteiger partial charge < -0.3 is 19.7 Å². The molecule has 8 heteroatoms. The van der Waals surface area contributed by atoms with Gasteiger partial charge in [0.25, 0.3) is 5.91 Å². The highest BCUT2D eigenvalue weighted by molar-refractivity contribution is 6.30. The number of nitrogens with one attached hydrogen (secondary N) is 1. The molecule has 3 aliphatic carbocycles. The van der Waals surface area contributed by atoms with E-state index in [1.54, 1.807) is 31.4 Å². The summed E-state index contributed by atoms with van der Waals surface area (Å²) in [5, 5.41) is 3.73. The summed E-state index contributed by atoms with van der Waals surface area (Å²) in [5.41, 5.74) is 0.555. The molecule has 2 bridgehead atoms. The van der Waals surface area contributed by atoms with Gasteiger partial charge in [-0.2, -0.15) is 0 Å². The molecule has 1 N–H and O–H groups in total. The van der Waals surface area contributed by atoms with Gasteiger partial charge in [-0.15, -0.1) is 0 Å². The lowest BCUT2D eigenvalue weighted by Crippen LogP contribution is -2.84. The van der Waals surface area contributed by atoms with E-state index in [1.165, 1.54) is 0 Å². The molecule has 7 nitrogen and oxygen atoms in total. The molecular formula is C23H24ClN3O4. The summed E-state index contributed by atoms with van der Waals surface area (Å²) in [6.45, 7) is 1.33. The van der Waals surface area contributed by atoms with Crippen molar-refractivity contribution >= 4 is 29.2 Å². The Morgan fingerprint density at radius 1 is 1.03 bits per heavy atom. The Kier molecular flexibility index (Phi) is 4.73. The van der Waals surface area contributed by atoms with E-state index in [-0.39, 0.29) is 29.6 Å². The molecule has 2 aromatic rings. The molecule has 0 spiro atoms. The summed E-state index contributed by atoms with van der Waals surface area (Å²) in [5.74, 6) is 1.23. The van der Waals surface area contributed by atoms with E-state index in [2.05, 4.69) is 5.32 Å². The molecule has 4 aliphatic rings. The molecule has 4 fully saturated rings. The lowest BCUT2D eigenvalue weighted by molar-refractivity contribution is -0.165. The van der Waals surface area contributed by atoms with Gasteiger partial charge in [0.15, 0.2) is 6.61 Å². The van der Waals surface area contributed by atoms with Gasteiger partial charge in [-0.05, 0) is 67.8 Å². The summed E-state index contributed by atoms with van der Waals surface area (Å²) in [7, 11) is 1.62. The van der Waals surface area contributed by atoms with Crippen molar-refractivity contribution < 1.29 is 19.1 Å². The number of amides is 3. The first-order valence-electron chi connectivity index (χ1n) is 10.3.